The number of methoxy groups -OCH3 is 3. The van der Waals surface area contributed by atoms with Crippen molar-refractivity contribution in [2.24, 2.45) is 0 Å². The Balaban J connectivity index is 1.72. The number of aliphatic carboxylic acids is 1. The first-order valence-corrected chi connectivity index (χ1v) is 10.6. The molecule has 0 radical (unpaired) electrons. The molecule has 1 atom stereocenters. The molecule has 0 bridgehead atoms. The van der Waals surface area contributed by atoms with Gasteiger partial charge in [0.2, 0.25) is 5.75 Å². The fraction of sp³-hybridized carbons (Fsp3) is 0.417. The van der Waals surface area contributed by atoms with Gasteiger partial charge in [-0.05, 0) is 29.8 Å². The van der Waals surface area contributed by atoms with Crippen molar-refractivity contribution in [3.63, 3.8) is 0 Å². The largest absolute Gasteiger partial charge is 0.493 e. The molecule has 2 aromatic rings. The molecule has 1 heterocycles. The monoisotopic (exact) mass is 459 g/mol. The van der Waals surface area contributed by atoms with Crippen molar-refractivity contribution in [1.29, 1.82) is 0 Å². The van der Waals surface area contributed by atoms with E-state index in [9.17, 15) is 14.7 Å². The Bertz CT molecular complexity index is 965. The smallest absolute Gasteiger partial charge is 0.303 e. The Morgan fingerprint density at radius 1 is 0.970 bits per heavy atom. The maximum atomic E-state index is 12.8. The minimum absolute atomic E-state index is 0.0302. The lowest BCUT2D eigenvalue weighted by Crippen LogP contribution is -2.18. The molecule has 0 aliphatic carbocycles. The fourth-order valence-corrected chi connectivity index (χ4v) is 3.68. The number of nitrogens with one attached hydrogen (secondary N) is 1. The van der Waals surface area contributed by atoms with E-state index in [2.05, 4.69) is 5.32 Å². The quantitative estimate of drug-likeness (QED) is 0.521. The highest BCUT2D eigenvalue weighted by Crippen LogP contribution is 2.41. The van der Waals surface area contributed by atoms with Crippen molar-refractivity contribution in [3.05, 3.63) is 35.9 Å². The molecule has 2 aromatic carbocycles. The molecule has 1 aliphatic rings. The highest BCUT2D eigenvalue weighted by atomic mass is 16.5. The van der Waals surface area contributed by atoms with Crippen LogP contribution >= 0.6 is 0 Å². The standard InChI is InChI=1S/C24H29NO8/c1-29-21-10-16(11-22(30-2)24(21)31-3)15(12-23(27)28)9-18(26)14-25-17-5-6-19-20(13-17)33-8-4-7-32-19/h5-6,10-11,13,15,25H,4,7-9,12,14H2,1-3H3,(H,27,28)/t15-/m1/s1. The normalized spacial score (nSPS) is 13.4. The molecule has 9 heteroatoms. The summed E-state index contributed by atoms with van der Waals surface area (Å²) in [6, 6.07) is 8.77. The molecule has 2 N–H and O–H groups in total. The summed E-state index contributed by atoms with van der Waals surface area (Å²) < 4.78 is 27.4. The second kappa shape index (κ2) is 11.3. The molecule has 0 saturated heterocycles. The van der Waals surface area contributed by atoms with Gasteiger partial charge in [0, 0.05) is 30.5 Å². The van der Waals surface area contributed by atoms with Crippen LogP contribution in [0.5, 0.6) is 28.7 Å². The highest BCUT2D eigenvalue weighted by molar-refractivity contribution is 5.84. The molecule has 0 amide bonds. The fourth-order valence-electron chi connectivity index (χ4n) is 3.68. The summed E-state index contributed by atoms with van der Waals surface area (Å²) in [5.74, 6) is 0.813. The molecule has 0 spiro atoms. The van der Waals surface area contributed by atoms with E-state index in [0.717, 1.165) is 12.1 Å². The van der Waals surface area contributed by atoms with Crippen LogP contribution in [0, 0.1) is 0 Å². The third kappa shape index (κ3) is 6.21. The van der Waals surface area contributed by atoms with Gasteiger partial charge in [0.15, 0.2) is 28.8 Å². The van der Waals surface area contributed by atoms with Gasteiger partial charge in [-0.1, -0.05) is 0 Å². The summed E-state index contributed by atoms with van der Waals surface area (Å²) in [6.07, 6.45) is 0.624. The highest BCUT2D eigenvalue weighted by Gasteiger charge is 2.23. The van der Waals surface area contributed by atoms with Crippen molar-refractivity contribution in [1.82, 2.24) is 0 Å². The number of ether oxygens (including phenoxy) is 5. The van der Waals surface area contributed by atoms with Crippen molar-refractivity contribution < 1.29 is 38.4 Å². The average molecular weight is 459 g/mol. The number of anilines is 1. The van der Waals surface area contributed by atoms with Crippen molar-refractivity contribution in [2.75, 3.05) is 46.4 Å². The number of ketones is 1. The Labute approximate surface area is 192 Å². The molecule has 178 valence electrons. The SMILES string of the molecule is COc1cc([C@@H](CC(=O)O)CC(=O)CNc2ccc3c(c2)OCCCO3)cc(OC)c1OC. The van der Waals surface area contributed by atoms with Crippen molar-refractivity contribution in [2.45, 2.75) is 25.2 Å². The molecule has 33 heavy (non-hydrogen) atoms. The molecular formula is C24H29NO8. The maximum Gasteiger partial charge on any atom is 0.303 e. The molecule has 9 nitrogen and oxygen atoms in total. The van der Waals surface area contributed by atoms with Gasteiger partial charge in [-0.3, -0.25) is 9.59 Å². The summed E-state index contributed by atoms with van der Waals surface area (Å²) >= 11 is 0. The minimum Gasteiger partial charge on any atom is -0.493 e. The topological polar surface area (TPSA) is 113 Å². The summed E-state index contributed by atoms with van der Waals surface area (Å²) in [5.41, 5.74) is 1.34. The predicted octanol–water partition coefficient (Wildman–Crippen LogP) is 3.50. The van der Waals surface area contributed by atoms with E-state index >= 15 is 0 Å². The van der Waals surface area contributed by atoms with E-state index in [0.29, 0.717) is 47.5 Å². The van der Waals surface area contributed by atoms with Crippen LogP contribution in [0.2, 0.25) is 0 Å². The minimum atomic E-state index is -1.00. The number of carbonyl (C=O) groups excluding carboxylic acids is 1. The summed E-state index contributed by atoms with van der Waals surface area (Å²) in [5, 5.41) is 12.5. The average Bonchev–Trinajstić information content (AvgIpc) is 3.06. The van der Waals surface area contributed by atoms with Crippen LogP contribution in [0.3, 0.4) is 0 Å². The number of rotatable bonds is 11. The second-order valence-electron chi connectivity index (χ2n) is 7.56. The zero-order valence-electron chi connectivity index (χ0n) is 19.0. The summed E-state index contributed by atoms with van der Waals surface area (Å²) in [7, 11) is 4.46. The van der Waals surface area contributed by atoms with Crippen LogP contribution in [0.1, 0.15) is 30.7 Å². The Morgan fingerprint density at radius 2 is 1.64 bits per heavy atom. The van der Waals surface area contributed by atoms with Gasteiger partial charge in [0.25, 0.3) is 0 Å². The third-order valence-electron chi connectivity index (χ3n) is 5.29. The molecule has 0 aromatic heterocycles. The number of hydrogen-bond acceptors (Lipinski definition) is 8. The first-order valence-electron chi connectivity index (χ1n) is 10.6. The summed E-state index contributed by atoms with van der Waals surface area (Å²) in [6.45, 7) is 1.21. The zero-order valence-corrected chi connectivity index (χ0v) is 19.0. The van der Waals surface area contributed by atoms with E-state index in [1.54, 1.807) is 24.3 Å². The number of carboxylic acids is 1. The van der Waals surface area contributed by atoms with Crippen LogP contribution in [0.25, 0.3) is 0 Å². The van der Waals surface area contributed by atoms with E-state index in [4.69, 9.17) is 23.7 Å². The molecule has 0 saturated carbocycles. The lowest BCUT2D eigenvalue weighted by Gasteiger charge is -2.19. The van der Waals surface area contributed by atoms with E-state index in [1.165, 1.54) is 21.3 Å². The zero-order chi connectivity index (χ0) is 23.8. The predicted molar refractivity (Wildman–Crippen MR) is 121 cm³/mol. The maximum absolute atomic E-state index is 12.8. The van der Waals surface area contributed by atoms with E-state index in [-0.39, 0.29) is 25.2 Å². The molecule has 3 rings (SSSR count). The number of fused-ring (bicyclic) bond motifs is 1. The van der Waals surface area contributed by atoms with Crippen LogP contribution in [-0.2, 0) is 9.59 Å². The van der Waals surface area contributed by atoms with E-state index in [1.807, 2.05) is 6.07 Å². The number of hydrogen-bond donors (Lipinski definition) is 2. The third-order valence-corrected chi connectivity index (χ3v) is 5.29. The summed E-state index contributed by atoms with van der Waals surface area (Å²) in [4.78, 5) is 24.3. The molecule has 1 aliphatic heterocycles. The number of Topliss-reactive ketones (excluding diaryl/α,β-unsaturated/α-hetero) is 1. The number of carbonyl (C=O) groups is 2. The van der Waals surface area contributed by atoms with Crippen molar-refractivity contribution in [3.8, 4) is 28.7 Å². The van der Waals surface area contributed by atoms with Gasteiger partial charge in [-0.15, -0.1) is 0 Å². The number of carboxylic acid groups (broad SMARTS) is 1. The van der Waals surface area contributed by atoms with Gasteiger partial charge in [-0.25, -0.2) is 0 Å². The lowest BCUT2D eigenvalue weighted by molar-refractivity contribution is -0.137. The van der Waals surface area contributed by atoms with Gasteiger partial charge in [0.05, 0.1) is 47.5 Å². The Morgan fingerprint density at radius 3 is 2.24 bits per heavy atom. The molecular weight excluding hydrogens is 430 g/mol. The van der Waals surface area contributed by atoms with Gasteiger partial charge >= 0.3 is 5.97 Å². The van der Waals surface area contributed by atoms with Crippen LogP contribution in [0.15, 0.2) is 30.3 Å². The Kier molecular flexibility index (Phi) is 8.23. The lowest BCUT2D eigenvalue weighted by atomic mass is 9.90. The molecule has 0 unspecified atom stereocenters. The first-order chi connectivity index (χ1) is 15.9. The van der Waals surface area contributed by atoms with Gasteiger partial charge in [0.1, 0.15) is 0 Å². The van der Waals surface area contributed by atoms with Gasteiger partial charge < -0.3 is 34.1 Å². The number of benzene rings is 2. The van der Waals surface area contributed by atoms with Crippen LogP contribution in [0.4, 0.5) is 5.69 Å². The van der Waals surface area contributed by atoms with E-state index < -0.39 is 11.9 Å². The Hall–Kier alpha value is -3.62. The molecule has 0 fully saturated rings. The van der Waals surface area contributed by atoms with Crippen LogP contribution < -0.4 is 29.0 Å². The van der Waals surface area contributed by atoms with Gasteiger partial charge in [-0.2, -0.15) is 0 Å². The van der Waals surface area contributed by atoms with Crippen molar-refractivity contribution >= 4 is 17.4 Å². The first kappa shape index (κ1) is 24.0. The second-order valence-corrected chi connectivity index (χ2v) is 7.56. The van der Waals surface area contributed by atoms with Crippen LogP contribution in [-0.4, -0.2) is 57.9 Å².